The molecular formula is C17H13BrN4OS. The number of hydrogen-bond donors (Lipinski definition) is 1. The van der Waals surface area contributed by atoms with Crippen LogP contribution in [-0.4, -0.2) is 20.9 Å². The number of carbonyl (C=O) groups is 1. The van der Waals surface area contributed by atoms with Crippen molar-refractivity contribution in [2.45, 2.75) is 10.8 Å². The third-order valence-electron chi connectivity index (χ3n) is 3.07. The maximum Gasteiger partial charge on any atom is 0.257 e. The molecule has 3 aromatic heterocycles. The van der Waals surface area contributed by atoms with E-state index in [1.165, 1.54) is 18.0 Å². The van der Waals surface area contributed by atoms with E-state index in [0.29, 0.717) is 17.0 Å². The van der Waals surface area contributed by atoms with Crippen molar-refractivity contribution in [3.8, 4) is 0 Å². The van der Waals surface area contributed by atoms with Gasteiger partial charge in [0.15, 0.2) is 0 Å². The number of hydrogen-bond acceptors (Lipinski definition) is 5. The van der Waals surface area contributed by atoms with E-state index in [9.17, 15) is 4.79 Å². The fourth-order valence-corrected chi connectivity index (χ4v) is 3.19. The van der Waals surface area contributed by atoms with E-state index in [2.05, 4.69) is 36.2 Å². The second-order valence-corrected chi connectivity index (χ2v) is 6.69. The Bertz CT molecular complexity index is 845. The molecule has 0 fully saturated rings. The van der Waals surface area contributed by atoms with Crippen LogP contribution in [0.25, 0.3) is 0 Å². The molecule has 7 heteroatoms. The first kappa shape index (κ1) is 16.6. The second kappa shape index (κ2) is 8.03. The molecule has 120 valence electrons. The number of amides is 1. The van der Waals surface area contributed by atoms with Crippen molar-refractivity contribution >= 4 is 39.3 Å². The molecule has 0 aliphatic rings. The summed E-state index contributed by atoms with van der Waals surface area (Å²) in [5.41, 5.74) is 2.11. The lowest BCUT2D eigenvalue weighted by Gasteiger charge is -2.09. The van der Waals surface area contributed by atoms with E-state index in [0.717, 1.165) is 15.2 Å². The molecule has 0 aliphatic heterocycles. The van der Waals surface area contributed by atoms with Crippen molar-refractivity contribution in [2.75, 3.05) is 5.32 Å². The van der Waals surface area contributed by atoms with Crippen molar-refractivity contribution in [3.63, 3.8) is 0 Å². The number of halogens is 1. The number of pyridine rings is 3. The molecule has 3 heterocycles. The number of carbonyl (C=O) groups excluding carboxylic acids is 1. The zero-order chi connectivity index (χ0) is 16.8. The van der Waals surface area contributed by atoms with Crippen molar-refractivity contribution in [2.24, 2.45) is 0 Å². The summed E-state index contributed by atoms with van der Waals surface area (Å²) >= 11 is 4.84. The van der Waals surface area contributed by atoms with Gasteiger partial charge in [0, 0.05) is 35.0 Å². The van der Waals surface area contributed by atoms with E-state index in [1.807, 2.05) is 24.3 Å². The highest BCUT2D eigenvalue weighted by atomic mass is 79.9. The quantitative estimate of drug-likeness (QED) is 0.650. The average Bonchev–Trinajstić information content (AvgIpc) is 2.62. The minimum absolute atomic E-state index is 0.225. The maximum absolute atomic E-state index is 12.4. The van der Waals surface area contributed by atoms with Gasteiger partial charge in [0.25, 0.3) is 5.91 Å². The Balaban J connectivity index is 1.73. The van der Waals surface area contributed by atoms with Crippen molar-refractivity contribution in [3.05, 3.63) is 76.9 Å². The normalized spacial score (nSPS) is 10.4. The molecule has 0 saturated carbocycles. The summed E-state index contributed by atoms with van der Waals surface area (Å²) in [6, 6.07) is 11.1. The Morgan fingerprint density at radius 1 is 1.12 bits per heavy atom. The largest absolute Gasteiger partial charge is 0.320 e. The van der Waals surface area contributed by atoms with Gasteiger partial charge in [-0.25, -0.2) is 4.98 Å². The number of rotatable bonds is 5. The summed E-state index contributed by atoms with van der Waals surface area (Å²) < 4.78 is 0.756. The van der Waals surface area contributed by atoms with Crippen LogP contribution in [0, 0.1) is 0 Å². The second-order valence-electron chi connectivity index (χ2n) is 4.81. The van der Waals surface area contributed by atoms with Crippen LogP contribution < -0.4 is 5.32 Å². The first-order chi connectivity index (χ1) is 11.7. The lowest BCUT2D eigenvalue weighted by molar-refractivity contribution is 0.102. The number of nitrogens with one attached hydrogen (secondary N) is 1. The van der Waals surface area contributed by atoms with Crippen LogP contribution in [0.5, 0.6) is 0 Å². The number of nitrogens with zero attached hydrogens (tertiary/aromatic N) is 3. The number of anilines is 1. The molecule has 3 rings (SSSR count). The molecule has 1 amide bonds. The first-order valence-electron chi connectivity index (χ1n) is 7.12. The fourth-order valence-electron chi connectivity index (χ4n) is 1.96. The van der Waals surface area contributed by atoms with Crippen LogP contribution in [0.1, 0.15) is 16.1 Å². The molecule has 0 aliphatic carbocycles. The lowest BCUT2D eigenvalue weighted by Crippen LogP contribution is -2.13. The molecule has 24 heavy (non-hydrogen) atoms. The molecule has 5 nitrogen and oxygen atoms in total. The Labute approximate surface area is 152 Å². The van der Waals surface area contributed by atoms with Gasteiger partial charge in [-0.15, -0.1) is 0 Å². The Hall–Kier alpha value is -2.25. The summed E-state index contributed by atoms with van der Waals surface area (Å²) in [5, 5.41) is 3.64. The van der Waals surface area contributed by atoms with E-state index >= 15 is 0 Å². The van der Waals surface area contributed by atoms with Crippen molar-refractivity contribution in [1.29, 1.82) is 0 Å². The molecule has 0 radical (unpaired) electrons. The van der Waals surface area contributed by atoms with Gasteiger partial charge in [-0.1, -0.05) is 17.8 Å². The van der Waals surface area contributed by atoms with Gasteiger partial charge in [0.1, 0.15) is 5.03 Å². The fraction of sp³-hybridized carbons (Fsp3) is 0.0588. The van der Waals surface area contributed by atoms with E-state index in [-0.39, 0.29) is 5.91 Å². The summed E-state index contributed by atoms with van der Waals surface area (Å²) in [7, 11) is 0. The van der Waals surface area contributed by atoms with Crippen LogP contribution in [0.2, 0.25) is 0 Å². The van der Waals surface area contributed by atoms with Crippen molar-refractivity contribution in [1.82, 2.24) is 15.0 Å². The van der Waals surface area contributed by atoms with Crippen LogP contribution in [0.15, 0.2) is 70.7 Å². The molecule has 3 aromatic rings. The standard InChI is InChI=1S/C17H13BrN4OS/c18-13-8-12(9-19-10-13)16(23)22-15-5-3-7-21-17(15)24-11-14-4-1-2-6-20-14/h1-10H,11H2,(H,22,23). The molecule has 0 bridgehead atoms. The first-order valence-corrected chi connectivity index (χ1v) is 8.90. The highest BCUT2D eigenvalue weighted by molar-refractivity contribution is 9.10. The monoisotopic (exact) mass is 400 g/mol. The summed E-state index contributed by atoms with van der Waals surface area (Å²) in [6.07, 6.45) is 6.63. The SMILES string of the molecule is O=C(Nc1cccnc1SCc1ccccn1)c1cncc(Br)c1. The Kier molecular flexibility index (Phi) is 5.55. The highest BCUT2D eigenvalue weighted by Gasteiger charge is 2.11. The van der Waals surface area contributed by atoms with Gasteiger partial charge in [0.2, 0.25) is 0 Å². The molecule has 0 saturated heterocycles. The number of aromatic nitrogens is 3. The third-order valence-corrected chi connectivity index (χ3v) is 4.54. The van der Waals surface area contributed by atoms with Gasteiger partial charge in [-0.05, 0) is 46.3 Å². The predicted molar refractivity (Wildman–Crippen MR) is 97.9 cm³/mol. The Morgan fingerprint density at radius 2 is 2.00 bits per heavy atom. The van der Waals surface area contributed by atoms with Crippen LogP contribution in [-0.2, 0) is 5.75 Å². The van der Waals surface area contributed by atoms with Gasteiger partial charge in [-0.2, -0.15) is 0 Å². The minimum atomic E-state index is -0.225. The maximum atomic E-state index is 12.4. The molecule has 0 aromatic carbocycles. The van der Waals surface area contributed by atoms with Crippen LogP contribution in [0.4, 0.5) is 5.69 Å². The lowest BCUT2D eigenvalue weighted by atomic mass is 10.2. The van der Waals surface area contributed by atoms with Crippen LogP contribution >= 0.6 is 27.7 Å². The Morgan fingerprint density at radius 3 is 2.79 bits per heavy atom. The van der Waals surface area contributed by atoms with Gasteiger partial charge in [-0.3, -0.25) is 14.8 Å². The number of thioether (sulfide) groups is 1. The molecule has 1 N–H and O–H groups in total. The zero-order valence-electron chi connectivity index (χ0n) is 12.5. The smallest absolute Gasteiger partial charge is 0.257 e. The summed E-state index contributed by atoms with van der Waals surface area (Å²) in [5.74, 6) is 0.454. The molecule has 0 spiro atoms. The van der Waals surface area contributed by atoms with Crippen LogP contribution in [0.3, 0.4) is 0 Å². The van der Waals surface area contributed by atoms with Crippen molar-refractivity contribution < 1.29 is 4.79 Å². The topological polar surface area (TPSA) is 67.8 Å². The van der Waals surface area contributed by atoms with E-state index in [4.69, 9.17) is 0 Å². The average molecular weight is 401 g/mol. The summed E-state index contributed by atoms with van der Waals surface area (Å²) in [6.45, 7) is 0. The van der Waals surface area contributed by atoms with Gasteiger partial charge < -0.3 is 5.32 Å². The van der Waals surface area contributed by atoms with Gasteiger partial charge >= 0.3 is 0 Å². The molecule has 0 unspecified atom stereocenters. The van der Waals surface area contributed by atoms with Gasteiger partial charge in [0.05, 0.1) is 16.9 Å². The molecular weight excluding hydrogens is 388 g/mol. The third kappa shape index (κ3) is 4.39. The highest BCUT2D eigenvalue weighted by Crippen LogP contribution is 2.27. The zero-order valence-corrected chi connectivity index (χ0v) is 14.9. The van der Waals surface area contributed by atoms with E-state index < -0.39 is 0 Å². The molecule has 0 atom stereocenters. The minimum Gasteiger partial charge on any atom is -0.320 e. The summed E-state index contributed by atoms with van der Waals surface area (Å²) in [4.78, 5) is 25.0. The predicted octanol–water partition coefficient (Wildman–Crippen LogP) is 4.18. The van der Waals surface area contributed by atoms with E-state index in [1.54, 1.807) is 30.7 Å².